The van der Waals surface area contributed by atoms with Crippen LogP contribution in [0.25, 0.3) is 0 Å². The lowest BCUT2D eigenvalue weighted by Crippen LogP contribution is -2.20. The molecule has 0 bridgehead atoms. The van der Waals surface area contributed by atoms with E-state index in [1.807, 2.05) is 0 Å². The summed E-state index contributed by atoms with van der Waals surface area (Å²) in [5.74, 6) is -0.286. The van der Waals surface area contributed by atoms with Gasteiger partial charge in [-0.2, -0.15) is 0 Å². The smallest absolute Gasteiger partial charge is 0.217 e. The highest BCUT2D eigenvalue weighted by molar-refractivity contribution is 7.57. The number of carbonyl (C=O) groups excluding carboxylic acids is 1. The molecule has 0 rings (SSSR count). The average Bonchev–Trinajstić information content (AvgIpc) is 1.59. The van der Waals surface area contributed by atoms with E-state index in [1.54, 1.807) is 0 Å². The lowest BCUT2D eigenvalue weighted by Gasteiger charge is -2.03. The monoisotopic (exact) mass is 151 g/mol. The highest BCUT2D eigenvalue weighted by atomic mass is 31.2. The maximum Gasteiger partial charge on any atom is 0.217 e. The van der Waals surface area contributed by atoms with Crippen LogP contribution in [0.1, 0.15) is 6.92 Å². The molecule has 0 saturated carbocycles. The summed E-state index contributed by atoms with van der Waals surface area (Å²) >= 11 is 0. The Morgan fingerprint density at radius 3 is 2.33 bits per heavy atom. The van der Waals surface area contributed by atoms with Crippen LogP contribution in [0.2, 0.25) is 0 Å². The van der Waals surface area contributed by atoms with Crippen molar-refractivity contribution in [1.29, 1.82) is 0 Å². The summed E-state index contributed by atoms with van der Waals surface area (Å²) in [5.41, 5.74) is 0. The van der Waals surface area contributed by atoms with Crippen molar-refractivity contribution < 1.29 is 14.3 Å². The molecule has 1 amide bonds. The zero-order valence-corrected chi connectivity index (χ0v) is 6.31. The molecule has 4 nitrogen and oxygen atoms in total. The molecule has 9 heavy (non-hydrogen) atoms. The molecule has 0 radical (unpaired) electrons. The third-order valence-electron chi connectivity index (χ3n) is 0.621. The number of hydrogen-bond donors (Lipinski definition) is 2. The van der Waals surface area contributed by atoms with Crippen LogP contribution < -0.4 is 5.32 Å². The van der Waals surface area contributed by atoms with Gasteiger partial charge in [-0.25, -0.2) is 0 Å². The molecule has 0 fully saturated rings. The maximum absolute atomic E-state index is 10.5. The molecule has 0 spiro atoms. The van der Waals surface area contributed by atoms with E-state index in [-0.39, 0.29) is 12.2 Å². The number of nitrogens with one attached hydrogen (secondary N) is 1. The van der Waals surface area contributed by atoms with Crippen LogP contribution in [0.15, 0.2) is 0 Å². The van der Waals surface area contributed by atoms with Gasteiger partial charge < -0.3 is 10.2 Å². The fourth-order valence-electron chi connectivity index (χ4n) is 0.258. The maximum atomic E-state index is 10.5. The van der Waals surface area contributed by atoms with Crippen LogP contribution in [0.3, 0.4) is 0 Å². The van der Waals surface area contributed by atoms with Crippen LogP contribution in [0.4, 0.5) is 0 Å². The Hall–Kier alpha value is -0.340. The molecule has 0 aromatic heterocycles. The zero-order valence-electron chi connectivity index (χ0n) is 5.42. The van der Waals surface area contributed by atoms with Gasteiger partial charge in [-0.1, -0.05) is 0 Å². The van der Waals surface area contributed by atoms with E-state index in [2.05, 4.69) is 5.32 Å². The molecule has 0 aromatic carbocycles. The first kappa shape index (κ1) is 8.66. The molecule has 54 valence electrons. The van der Waals surface area contributed by atoms with Crippen molar-refractivity contribution in [3.63, 3.8) is 0 Å². The SMILES string of the molecule is CC(=O)NCP(C)(=O)O. The second-order valence-corrected chi connectivity index (χ2v) is 4.36. The Morgan fingerprint density at radius 1 is 1.78 bits per heavy atom. The summed E-state index contributed by atoms with van der Waals surface area (Å²) < 4.78 is 10.5. The lowest BCUT2D eigenvalue weighted by atomic mass is 10.7. The van der Waals surface area contributed by atoms with Crippen molar-refractivity contribution in [2.24, 2.45) is 0 Å². The summed E-state index contributed by atoms with van der Waals surface area (Å²) in [4.78, 5) is 18.8. The van der Waals surface area contributed by atoms with Crippen molar-refractivity contribution in [3.8, 4) is 0 Å². The van der Waals surface area contributed by atoms with Crippen molar-refractivity contribution in [1.82, 2.24) is 5.32 Å². The van der Waals surface area contributed by atoms with Crippen LogP contribution in [-0.4, -0.2) is 23.8 Å². The summed E-state index contributed by atoms with van der Waals surface area (Å²) in [6.07, 6.45) is -0.137. The fraction of sp³-hybridized carbons (Fsp3) is 0.750. The van der Waals surface area contributed by atoms with Gasteiger partial charge in [0.15, 0.2) is 0 Å². The van der Waals surface area contributed by atoms with Gasteiger partial charge >= 0.3 is 0 Å². The summed E-state index contributed by atoms with van der Waals surface area (Å²) in [7, 11) is -3.05. The Kier molecular flexibility index (Phi) is 2.88. The van der Waals surface area contributed by atoms with Gasteiger partial charge in [0.1, 0.15) is 0 Å². The Morgan fingerprint density at radius 2 is 2.22 bits per heavy atom. The van der Waals surface area contributed by atoms with E-state index in [4.69, 9.17) is 4.89 Å². The number of hydrogen-bond acceptors (Lipinski definition) is 2. The lowest BCUT2D eigenvalue weighted by molar-refractivity contribution is -0.118. The molecule has 0 aliphatic rings. The predicted octanol–water partition coefficient (Wildman–Crippen LogP) is -0.0198. The van der Waals surface area contributed by atoms with Crippen LogP contribution >= 0.6 is 7.37 Å². The predicted molar refractivity (Wildman–Crippen MR) is 34.4 cm³/mol. The van der Waals surface area contributed by atoms with Crippen LogP contribution in [0, 0.1) is 0 Å². The Labute approximate surface area is 53.7 Å². The third-order valence-corrected chi connectivity index (χ3v) is 1.37. The Bertz CT molecular complexity index is 150. The number of carbonyl (C=O) groups is 1. The molecule has 0 saturated heterocycles. The molecular weight excluding hydrogens is 141 g/mol. The number of amides is 1. The zero-order chi connectivity index (χ0) is 7.49. The standard InChI is InChI=1S/C4H10NO3P/c1-4(6)5-3-9(2,7)8/h3H2,1-2H3,(H,5,6)(H,7,8). The van der Waals surface area contributed by atoms with Crippen molar-refractivity contribution in [2.75, 3.05) is 13.0 Å². The first-order valence-electron chi connectivity index (χ1n) is 2.45. The second-order valence-electron chi connectivity index (χ2n) is 1.94. The van der Waals surface area contributed by atoms with E-state index in [0.717, 1.165) is 0 Å². The average molecular weight is 151 g/mol. The first-order valence-corrected chi connectivity index (χ1v) is 4.75. The third kappa shape index (κ3) is 7.66. The van der Waals surface area contributed by atoms with Gasteiger partial charge in [-0.3, -0.25) is 9.36 Å². The highest BCUT2D eigenvalue weighted by Crippen LogP contribution is 2.32. The molecule has 0 heterocycles. The normalized spacial score (nSPS) is 16.3. The number of rotatable bonds is 2. The van der Waals surface area contributed by atoms with E-state index in [9.17, 15) is 9.36 Å². The summed E-state index contributed by atoms with van der Waals surface area (Å²) in [6, 6.07) is 0. The van der Waals surface area contributed by atoms with E-state index < -0.39 is 7.37 Å². The largest absolute Gasteiger partial charge is 0.347 e. The highest BCUT2D eigenvalue weighted by Gasteiger charge is 2.08. The minimum absolute atomic E-state index is 0.137. The van der Waals surface area contributed by atoms with Gasteiger partial charge in [0.25, 0.3) is 0 Å². The molecule has 2 N–H and O–H groups in total. The minimum Gasteiger partial charge on any atom is -0.347 e. The molecular formula is C4H10NO3P. The van der Waals surface area contributed by atoms with Crippen LogP contribution in [-0.2, 0) is 9.36 Å². The van der Waals surface area contributed by atoms with Gasteiger partial charge in [0, 0.05) is 13.6 Å². The van der Waals surface area contributed by atoms with Crippen molar-refractivity contribution >= 4 is 13.3 Å². The van der Waals surface area contributed by atoms with Crippen molar-refractivity contribution in [2.45, 2.75) is 6.92 Å². The second kappa shape index (κ2) is 2.99. The molecule has 1 unspecified atom stereocenters. The minimum atomic E-state index is -3.05. The molecule has 0 aliphatic carbocycles. The molecule has 0 aromatic rings. The summed E-state index contributed by atoms with van der Waals surface area (Å²) in [5, 5.41) is 2.23. The van der Waals surface area contributed by atoms with Crippen LogP contribution in [0.5, 0.6) is 0 Å². The fourth-order valence-corrected chi connectivity index (χ4v) is 0.774. The van der Waals surface area contributed by atoms with E-state index >= 15 is 0 Å². The van der Waals surface area contributed by atoms with Gasteiger partial charge in [0.2, 0.25) is 13.3 Å². The molecule has 5 heteroatoms. The topological polar surface area (TPSA) is 66.4 Å². The van der Waals surface area contributed by atoms with E-state index in [1.165, 1.54) is 13.6 Å². The van der Waals surface area contributed by atoms with Crippen molar-refractivity contribution in [3.05, 3.63) is 0 Å². The van der Waals surface area contributed by atoms with E-state index in [0.29, 0.717) is 0 Å². The molecule has 1 atom stereocenters. The van der Waals surface area contributed by atoms with Gasteiger partial charge in [-0.15, -0.1) is 0 Å². The van der Waals surface area contributed by atoms with Gasteiger partial charge in [-0.05, 0) is 0 Å². The Balaban J connectivity index is 3.53. The quantitative estimate of drug-likeness (QED) is 0.545. The summed E-state index contributed by atoms with van der Waals surface area (Å²) in [6.45, 7) is 2.50. The molecule has 0 aliphatic heterocycles. The van der Waals surface area contributed by atoms with Gasteiger partial charge in [0.05, 0.1) is 6.29 Å². The first-order chi connectivity index (χ1) is 3.92.